The molecule has 104 valence electrons. The number of thiocarbonyl (C=S) groups is 2. The second-order valence-electron chi connectivity index (χ2n) is 3.36. The Labute approximate surface area is 127 Å². The maximum Gasteiger partial charge on any atom is 0.317 e. The van der Waals surface area contributed by atoms with Crippen molar-refractivity contribution in [3.63, 3.8) is 0 Å². The van der Waals surface area contributed by atoms with Crippen LogP contribution in [0.5, 0.6) is 0 Å². The van der Waals surface area contributed by atoms with Crippen molar-refractivity contribution < 1.29 is 9.90 Å². The molecule has 18 heavy (non-hydrogen) atoms. The zero-order chi connectivity index (χ0) is 14.0. The summed E-state index contributed by atoms with van der Waals surface area (Å²) in [5.74, 6) is 0.101. The van der Waals surface area contributed by atoms with Crippen LogP contribution in [-0.2, 0) is 4.79 Å². The smallest absolute Gasteiger partial charge is 0.317 e. The van der Waals surface area contributed by atoms with E-state index in [9.17, 15) is 4.79 Å². The monoisotopic (exact) mass is 326 g/mol. The molecule has 0 spiro atoms. The van der Waals surface area contributed by atoms with E-state index in [2.05, 4.69) is 10.6 Å². The van der Waals surface area contributed by atoms with E-state index in [0.717, 1.165) is 22.9 Å². The highest BCUT2D eigenvalue weighted by Crippen LogP contribution is 2.19. The van der Waals surface area contributed by atoms with Crippen LogP contribution in [0.4, 0.5) is 0 Å². The highest BCUT2D eigenvalue weighted by molar-refractivity contribution is 8.23. The van der Waals surface area contributed by atoms with Crippen molar-refractivity contribution in [3.8, 4) is 0 Å². The number of carboxylic acid groups (broad SMARTS) is 1. The third-order valence-corrected chi connectivity index (χ3v) is 5.18. The molecule has 0 aliphatic carbocycles. The quantitative estimate of drug-likeness (QED) is 0.486. The number of hydrogen-bond acceptors (Lipinski definition) is 5. The van der Waals surface area contributed by atoms with Gasteiger partial charge in [0.2, 0.25) is 0 Å². The van der Waals surface area contributed by atoms with E-state index in [1.165, 1.54) is 11.8 Å². The Hall–Kier alpha value is -0.0500. The van der Waals surface area contributed by atoms with Gasteiger partial charge in [0.25, 0.3) is 0 Å². The molecule has 0 heterocycles. The van der Waals surface area contributed by atoms with Crippen LogP contribution in [-0.4, -0.2) is 44.8 Å². The Morgan fingerprint density at radius 1 is 1.22 bits per heavy atom. The highest BCUT2D eigenvalue weighted by Gasteiger charge is 2.19. The van der Waals surface area contributed by atoms with Gasteiger partial charge in [-0.1, -0.05) is 54.4 Å². The average Bonchev–Trinajstić information content (AvgIpc) is 2.35. The van der Waals surface area contributed by atoms with Gasteiger partial charge in [-0.05, 0) is 12.8 Å². The number of aliphatic carboxylic acids is 1. The Bertz CT molecular complexity index is 300. The van der Waals surface area contributed by atoms with Crippen molar-refractivity contribution in [2.75, 3.05) is 19.8 Å². The van der Waals surface area contributed by atoms with Crippen molar-refractivity contribution in [3.05, 3.63) is 0 Å². The van der Waals surface area contributed by atoms with Crippen LogP contribution in [0.3, 0.4) is 0 Å². The molecule has 8 heteroatoms. The summed E-state index contributed by atoms with van der Waals surface area (Å²) in [6.07, 6.45) is 2.42. The molecule has 0 saturated carbocycles. The number of hydrogen-bond donors (Lipinski definition) is 3. The van der Waals surface area contributed by atoms with E-state index in [1.807, 2.05) is 0 Å². The number of carboxylic acids is 1. The van der Waals surface area contributed by atoms with Gasteiger partial charge in [-0.25, -0.2) is 0 Å². The van der Waals surface area contributed by atoms with E-state index in [-0.39, 0.29) is 0 Å². The zero-order valence-corrected chi connectivity index (χ0v) is 13.7. The van der Waals surface area contributed by atoms with Crippen LogP contribution in [0.1, 0.15) is 19.3 Å². The molecule has 0 aromatic carbocycles. The molecule has 0 amide bonds. The molecule has 0 saturated heterocycles. The Morgan fingerprint density at radius 2 is 1.83 bits per heavy atom. The van der Waals surface area contributed by atoms with Crippen molar-refractivity contribution in [1.82, 2.24) is 10.6 Å². The number of nitrogens with one attached hydrogen (secondary N) is 2. The molecule has 4 nitrogen and oxygen atoms in total. The predicted octanol–water partition coefficient (Wildman–Crippen LogP) is 2.08. The average molecular weight is 327 g/mol. The first-order valence-electron chi connectivity index (χ1n) is 5.47. The lowest BCUT2D eigenvalue weighted by Crippen LogP contribution is -2.22. The summed E-state index contributed by atoms with van der Waals surface area (Å²) >= 11 is 12.7. The third kappa shape index (κ3) is 8.96. The second kappa shape index (κ2) is 10.8. The first kappa shape index (κ1) is 17.9. The Morgan fingerprint density at radius 3 is 2.33 bits per heavy atom. The Kier molecular flexibility index (Phi) is 10.8. The number of unbranched alkanes of at least 4 members (excludes halogenated alkanes) is 1. The normalized spacial score (nSPS) is 11.7. The minimum atomic E-state index is -0.809. The summed E-state index contributed by atoms with van der Waals surface area (Å²) in [6, 6.07) is 0. The molecule has 0 bridgehead atoms. The van der Waals surface area contributed by atoms with Gasteiger partial charge >= 0.3 is 5.97 Å². The molecular weight excluding hydrogens is 308 g/mol. The van der Waals surface area contributed by atoms with Crippen LogP contribution in [0.25, 0.3) is 0 Å². The lowest BCUT2D eigenvalue weighted by Gasteiger charge is -2.12. The van der Waals surface area contributed by atoms with E-state index in [0.29, 0.717) is 10.7 Å². The summed E-state index contributed by atoms with van der Waals surface area (Å²) < 4.78 is 1.30. The van der Waals surface area contributed by atoms with Gasteiger partial charge in [0.05, 0.1) is 0 Å². The minimum Gasteiger partial charge on any atom is -0.480 e. The van der Waals surface area contributed by atoms with Crippen LogP contribution < -0.4 is 10.6 Å². The summed E-state index contributed by atoms with van der Waals surface area (Å²) in [5, 5.41) is 14.3. The standard InChI is InChI=1S/C10H18N2O2S4/c1-11-9(15)17-6-4-3-5-7(8(13)14)18-10(16)12-2/h7H,3-6H2,1-2H3,(H,11,15)(H,12,16)(H,13,14). The lowest BCUT2D eigenvalue weighted by atomic mass is 10.2. The van der Waals surface area contributed by atoms with Crippen LogP contribution >= 0.6 is 48.0 Å². The molecule has 0 aliphatic heterocycles. The maximum absolute atomic E-state index is 11.0. The van der Waals surface area contributed by atoms with Crippen LogP contribution in [0.2, 0.25) is 0 Å². The van der Waals surface area contributed by atoms with Crippen molar-refractivity contribution in [2.24, 2.45) is 0 Å². The SMILES string of the molecule is CNC(=S)SCCCCC(SC(=S)NC)C(=O)O. The van der Waals surface area contributed by atoms with Crippen LogP contribution in [0, 0.1) is 0 Å². The largest absolute Gasteiger partial charge is 0.480 e. The third-order valence-electron chi connectivity index (χ3n) is 2.03. The first-order valence-corrected chi connectivity index (χ1v) is 8.15. The molecule has 1 unspecified atom stereocenters. The van der Waals surface area contributed by atoms with Gasteiger partial charge in [-0.3, -0.25) is 4.79 Å². The molecule has 0 rings (SSSR count). The number of carbonyl (C=O) groups is 1. The summed E-state index contributed by atoms with van der Waals surface area (Å²) in [5.41, 5.74) is 0. The van der Waals surface area contributed by atoms with Crippen LogP contribution in [0.15, 0.2) is 0 Å². The summed E-state index contributed by atoms with van der Waals surface area (Å²) in [7, 11) is 3.49. The van der Waals surface area contributed by atoms with E-state index >= 15 is 0 Å². The molecule has 0 aliphatic rings. The van der Waals surface area contributed by atoms with Gasteiger partial charge in [0.15, 0.2) is 0 Å². The number of rotatable bonds is 7. The first-order chi connectivity index (χ1) is 8.51. The van der Waals surface area contributed by atoms with E-state index < -0.39 is 11.2 Å². The van der Waals surface area contributed by atoms with Gasteiger partial charge < -0.3 is 15.7 Å². The fourth-order valence-electron chi connectivity index (χ4n) is 1.09. The lowest BCUT2D eigenvalue weighted by molar-refractivity contribution is -0.136. The van der Waals surface area contributed by atoms with Gasteiger partial charge in [0, 0.05) is 19.8 Å². The maximum atomic E-state index is 11.0. The minimum absolute atomic E-state index is 0.466. The van der Waals surface area contributed by atoms with E-state index in [1.54, 1.807) is 25.9 Å². The zero-order valence-electron chi connectivity index (χ0n) is 10.4. The molecule has 0 aromatic heterocycles. The summed E-state index contributed by atoms with van der Waals surface area (Å²) in [6.45, 7) is 0. The molecule has 1 atom stereocenters. The molecule has 3 N–H and O–H groups in total. The predicted molar refractivity (Wildman–Crippen MR) is 88.6 cm³/mol. The fraction of sp³-hybridized carbons (Fsp3) is 0.700. The van der Waals surface area contributed by atoms with E-state index in [4.69, 9.17) is 29.5 Å². The molecule has 0 aromatic rings. The number of thioether (sulfide) groups is 2. The Balaban J connectivity index is 3.81. The fourth-order valence-corrected chi connectivity index (χ4v) is 3.13. The topological polar surface area (TPSA) is 61.4 Å². The van der Waals surface area contributed by atoms with Gasteiger partial charge in [-0.2, -0.15) is 0 Å². The van der Waals surface area contributed by atoms with Crippen molar-refractivity contribution >= 4 is 62.6 Å². The van der Waals surface area contributed by atoms with Gasteiger partial charge in [-0.15, -0.1) is 0 Å². The molecule has 0 radical (unpaired) electrons. The highest BCUT2D eigenvalue weighted by atomic mass is 32.2. The summed E-state index contributed by atoms with van der Waals surface area (Å²) in [4.78, 5) is 11.0. The molecule has 0 fully saturated rings. The van der Waals surface area contributed by atoms with Crippen molar-refractivity contribution in [1.29, 1.82) is 0 Å². The second-order valence-corrected chi connectivity index (χ2v) is 7.02. The van der Waals surface area contributed by atoms with Gasteiger partial charge in [0.1, 0.15) is 13.9 Å². The molecular formula is C10H18N2O2S4. The van der Waals surface area contributed by atoms with Crippen molar-refractivity contribution in [2.45, 2.75) is 24.5 Å².